The summed E-state index contributed by atoms with van der Waals surface area (Å²) in [6, 6.07) is 73.0. The van der Waals surface area contributed by atoms with Crippen LogP contribution in [-0.4, -0.2) is 0 Å². The van der Waals surface area contributed by atoms with Gasteiger partial charge in [-0.1, -0.05) is 146 Å². The number of fused-ring (bicyclic) bond motifs is 5. The van der Waals surface area contributed by atoms with Crippen LogP contribution in [0, 0.1) is 0 Å². The lowest BCUT2D eigenvalue weighted by Crippen LogP contribution is -2.10. The van der Waals surface area contributed by atoms with Gasteiger partial charge in [0, 0.05) is 37.2 Å². The number of rotatable bonds is 6. The van der Waals surface area contributed by atoms with E-state index in [0.717, 1.165) is 17.1 Å². The van der Waals surface area contributed by atoms with Crippen LogP contribution in [0.25, 0.3) is 75.1 Å². The van der Waals surface area contributed by atoms with Crippen LogP contribution in [0.1, 0.15) is 0 Å². The molecule has 0 saturated heterocycles. The molecule has 0 N–H and O–H groups in total. The number of hydrogen-bond donors (Lipinski definition) is 0. The molecule has 0 spiro atoms. The summed E-state index contributed by atoms with van der Waals surface area (Å²) >= 11 is 1.86. The van der Waals surface area contributed by atoms with E-state index in [9.17, 15) is 0 Å². The van der Waals surface area contributed by atoms with Gasteiger partial charge in [0.05, 0.1) is 0 Å². The molecule has 244 valence electrons. The average Bonchev–Trinajstić information content (AvgIpc) is 3.60. The number of hydrogen-bond acceptors (Lipinski definition) is 2. The molecule has 0 aliphatic heterocycles. The first kappa shape index (κ1) is 30.4. The van der Waals surface area contributed by atoms with Crippen molar-refractivity contribution in [2.45, 2.75) is 0 Å². The average molecular weight is 680 g/mol. The molecule has 0 radical (unpaired) electrons. The summed E-state index contributed by atoms with van der Waals surface area (Å²) in [5.74, 6) is 0. The summed E-state index contributed by atoms with van der Waals surface area (Å²) in [7, 11) is 0. The van der Waals surface area contributed by atoms with Crippen molar-refractivity contribution >= 4 is 70.1 Å². The van der Waals surface area contributed by atoms with E-state index in [2.05, 4.69) is 205 Å². The van der Waals surface area contributed by atoms with Crippen molar-refractivity contribution in [3.8, 4) is 33.4 Å². The molecule has 10 aromatic rings. The fraction of sp³-hybridized carbons (Fsp3) is 0. The molecule has 9 aromatic carbocycles. The second-order valence-corrected chi connectivity index (χ2v) is 14.4. The Bertz CT molecular complexity index is 2910. The largest absolute Gasteiger partial charge is 0.310 e. The van der Waals surface area contributed by atoms with E-state index in [1.54, 1.807) is 0 Å². The van der Waals surface area contributed by atoms with E-state index in [1.165, 1.54) is 75.1 Å². The molecule has 0 saturated carbocycles. The second kappa shape index (κ2) is 12.7. The summed E-state index contributed by atoms with van der Waals surface area (Å²) in [6.07, 6.45) is 0. The lowest BCUT2D eigenvalue weighted by Gasteiger charge is -2.27. The Morgan fingerprint density at radius 2 is 0.885 bits per heavy atom. The van der Waals surface area contributed by atoms with Crippen molar-refractivity contribution in [1.82, 2.24) is 0 Å². The van der Waals surface area contributed by atoms with Crippen LogP contribution >= 0.6 is 11.3 Å². The van der Waals surface area contributed by atoms with Gasteiger partial charge in [0.25, 0.3) is 0 Å². The highest BCUT2D eigenvalue weighted by atomic mass is 32.1. The highest BCUT2D eigenvalue weighted by molar-refractivity contribution is 7.25. The molecular weight excluding hydrogens is 647 g/mol. The highest BCUT2D eigenvalue weighted by Crippen LogP contribution is 2.43. The molecule has 2 heteroatoms. The minimum Gasteiger partial charge on any atom is -0.310 e. The lowest BCUT2D eigenvalue weighted by molar-refractivity contribution is 1.28. The first-order valence-corrected chi connectivity index (χ1v) is 18.6. The van der Waals surface area contributed by atoms with Gasteiger partial charge in [-0.2, -0.15) is 0 Å². The molecule has 0 fully saturated rings. The van der Waals surface area contributed by atoms with Crippen molar-refractivity contribution in [3.63, 3.8) is 0 Å². The summed E-state index contributed by atoms with van der Waals surface area (Å²) in [5, 5.41) is 7.65. The topological polar surface area (TPSA) is 3.24 Å². The minimum absolute atomic E-state index is 1.11. The van der Waals surface area contributed by atoms with E-state index in [0.29, 0.717) is 0 Å². The molecule has 10 rings (SSSR count). The van der Waals surface area contributed by atoms with Crippen molar-refractivity contribution in [2.24, 2.45) is 0 Å². The van der Waals surface area contributed by atoms with Crippen molar-refractivity contribution in [1.29, 1.82) is 0 Å². The lowest BCUT2D eigenvalue weighted by atomic mass is 9.97. The third-order valence-corrected chi connectivity index (χ3v) is 11.4. The monoisotopic (exact) mass is 679 g/mol. The maximum atomic E-state index is 2.40. The molecule has 0 bridgehead atoms. The van der Waals surface area contributed by atoms with Gasteiger partial charge in [0.15, 0.2) is 0 Å². The Labute approximate surface area is 307 Å². The van der Waals surface area contributed by atoms with E-state index in [4.69, 9.17) is 0 Å². The normalized spacial score (nSPS) is 11.5. The second-order valence-electron chi connectivity index (χ2n) is 13.3. The molecule has 1 aromatic heterocycles. The summed E-state index contributed by atoms with van der Waals surface area (Å²) in [4.78, 5) is 2.40. The predicted octanol–water partition coefficient (Wildman–Crippen LogP) is 14.8. The van der Waals surface area contributed by atoms with E-state index in [-0.39, 0.29) is 0 Å². The van der Waals surface area contributed by atoms with Gasteiger partial charge >= 0.3 is 0 Å². The third-order valence-electron chi connectivity index (χ3n) is 10.2. The highest BCUT2D eigenvalue weighted by Gasteiger charge is 2.17. The Morgan fingerprint density at radius 3 is 1.73 bits per heavy atom. The quantitative estimate of drug-likeness (QED) is 0.169. The van der Waals surface area contributed by atoms with Gasteiger partial charge in [-0.3, -0.25) is 0 Å². The number of benzene rings is 9. The Balaban J connectivity index is 1.12. The zero-order chi connectivity index (χ0) is 34.4. The van der Waals surface area contributed by atoms with Crippen LogP contribution in [0.5, 0.6) is 0 Å². The van der Waals surface area contributed by atoms with E-state index < -0.39 is 0 Å². The Morgan fingerprint density at radius 1 is 0.308 bits per heavy atom. The minimum atomic E-state index is 1.11. The van der Waals surface area contributed by atoms with Crippen LogP contribution in [0.4, 0.5) is 17.1 Å². The fourth-order valence-electron chi connectivity index (χ4n) is 7.74. The van der Waals surface area contributed by atoms with E-state index >= 15 is 0 Å². The van der Waals surface area contributed by atoms with Gasteiger partial charge in [-0.25, -0.2) is 0 Å². The van der Waals surface area contributed by atoms with Gasteiger partial charge in [0.1, 0.15) is 0 Å². The van der Waals surface area contributed by atoms with Crippen LogP contribution in [0.15, 0.2) is 200 Å². The van der Waals surface area contributed by atoms with Crippen LogP contribution in [0.3, 0.4) is 0 Å². The maximum Gasteiger partial charge on any atom is 0.0467 e. The molecule has 0 unspecified atom stereocenters. The van der Waals surface area contributed by atoms with Crippen molar-refractivity contribution in [3.05, 3.63) is 200 Å². The van der Waals surface area contributed by atoms with Crippen molar-refractivity contribution in [2.75, 3.05) is 4.90 Å². The third kappa shape index (κ3) is 5.33. The first-order chi connectivity index (χ1) is 25.8. The number of anilines is 3. The molecular formula is C50H33NS. The predicted molar refractivity (Wildman–Crippen MR) is 225 cm³/mol. The molecule has 0 aliphatic carbocycles. The number of thiophene rings is 1. The SMILES string of the molecule is c1cc(-c2ccc3ccccc3c2)cc(N(c2ccc(-c3cccc4ccccc34)cc2)c2cccc(-c3cccc4sc5ccccc5c34)c2)c1. The van der Waals surface area contributed by atoms with Crippen LogP contribution in [-0.2, 0) is 0 Å². The number of nitrogens with zero attached hydrogens (tertiary/aromatic N) is 1. The van der Waals surface area contributed by atoms with Crippen molar-refractivity contribution < 1.29 is 0 Å². The zero-order valence-corrected chi connectivity index (χ0v) is 29.2. The molecule has 52 heavy (non-hydrogen) atoms. The maximum absolute atomic E-state index is 2.40. The summed E-state index contributed by atoms with van der Waals surface area (Å²) in [6.45, 7) is 0. The van der Waals surface area contributed by atoms with Gasteiger partial charge < -0.3 is 4.90 Å². The molecule has 1 nitrogen and oxygen atoms in total. The molecule has 1 heterocycles. The summed E-state index contributed by atoms with van der Waals surface area (Å²) < 4.78 is 2.63. The van der Waals surface area contributed by atoms with E-state index in [1.807, 2.05) is 11.3 Å². The van der Waals surface area contributed by atoms with Crippen LogP contribution in [0.2, 0.25) is 0 Å². The zero-order valence-electron chi connectivity index (χ0n) is 28.4. The van der Waals surface area contributed by atoms with Crippen LogP contribution < -0.4 is 4.90 Å². The van der Waals surface area contributed by atoms with Gasteiger partial charge in [0.2, 0.25) is 0 Å². The summed E-state index contributed by atoms with van der Waals surface area (Å²) in [5.41, 5.74) is 10.6. The fourth-order valence-corrected chi connectivity index (χ4v) is 8.87. The molecule has 0 aliphatic rings. The Kier molecular flexibility index (Phi) is 7.41. The van der Waals surface area contributed by atoms with Gasteiger partial charge in [-0.15, -0.1) is 11.3 Å². The molecule has 0 amide bonds. The standard InChI is InChI=1S/C50H33NS/c1-2-13-37-31-39(26-25-34(37)11-1)38-15-7-17-42(32-38)51(41-29-27-36(28-30-41)45-21-9-14-35-12-3-4-19-44(35)45)43-18-8-16-40(33-43)46-22-10-24-49-50(46)47-20-5-6-23-48(47)52-49/h1-33H. The van der Waals surface area contributed by atoms with Gasteiger partial charge in [-0.05, 0) is 110 Å². The Hall–Kier alpha value is -6.48. The first-order valence-electron chi connectivity index (χ1n) is 17.8. The smallest absolute Gasteiger partial charge is 0.0467 e. The molecule has 0 atom stereocenters.